The number of benzene rings is 6. The van der Waals surface area contributed by atoms with Crippen LogP contribution in [0.2, 0.25) is 0 Å². The van der Waals surface area contributed by atoms with Gasteiger partial charge >= 0.3 is 5.97 Å². The van der Waals surface area contributed by atoms with Crippen LogP contribution in [0, 0.1) is 0 Å². The van der Waals surface area contributed by atoms with Gasteiger partial charge in [0.2, 0.25) is 0 Å². The molecule has 0 N–H and O–H groups in total. The summed E-state index contributed by atoms with van der Waals surface area (Å²) in [5.74, 6) is 0.844. The van der Waals surface area contributed by atoms with E-state index in [4.69, 9.17) is 24.9 Å². The fourth-order valence-corrected chi connectivity index (χ4v) is 8.69. The van der Waals surface area contributed by atoms with Crippen molar-refractivity contribution >= 4 is 22.6 Å². The number of aromatic nitrogens is 6. The average Bonchev–Trinajstić information content (AvgIpc) is 3.99. The van der Waals surface area contributed by atoms with Crippen molar-refractivity contribution in [1.29, 1.82) is 0 Å². The van der Waals surface area contributed by atoms with Crippen molar-refractivity contribution < 1.29 is 14.4 Å². The van der Waals surface area contributed by atoms with Gasteiger partial charge in [-0.3, -0.25) is 9.36 Å². The number of nitrogens with zero attached hydrogens (tertiary/aromatic N) is 7. The lowest BCUT2D eigenvalue weighted by molar-refractivity contribution is -0.135. The van der Waals surface area contributed by atoms with Crippen LogP contribution in [0.5, 0.6) is 0 Å². The molecule has 0 spiro atoms. The third-order valence-corrected chi connectivity index (χ3v) is 11.9. The van der Waals surface area contributed by atoms with E-state index in [1.165, 1.54) is 0 Å². The summed E-state index contributed by atoms with van der Waals surface area (Å²) in [6.45, 7) is 6.32. The van der Waals surface area contributed by atoms with Crippen molar-refractivity contribution in [2.45, 2.75) is 64.1 Å². The summed E-state index contributed by atoms with van der Waals surface area (Å²) in [4.78, 5) is 37.8. The maximum Gasteiger partial charge on any atom is 0.356 e. The summed E-state index contributed by atoms with van der Waals surface area (Å²) < 4.78 is 8.90. The molecular weight excluding hydrogens is 787 g/mol. The molecule has 1 atom stereocenters. The van der Waals surface area contributed by atoms with Gasteiger partial charge in [0.25, 0.3) is 5.56 Å². The summed E-state index contributed by atoms with van der Waals surface area (Å²) in [6.07, 6.45) is 2.75. The molecule has 1 unspecified atom stereocenters. The molecule has 63 heavy (non-hydrogen) atoms. The first kappa shape index (κ1) is 40.9. The largest absolute Gasteiger partial charge is 0.461 e. The molecule has 3 heterocycles. The fourth-order valence-electron chi connectivity index (χ4n) is 8.69. The van der Waals surface area contributed by atoms with Crippen LogP contribution in [0.25, 0.3) is 33.4 Å². The Labute approximate surface area is 365 Å². The maximum atomic E-state index is 14.5. The van der Waals surface area contributed by atoms with Gasteiger partial charge in [-0.1, -0.05) is 164 Å². The van der Waals surface area contributed by atoms with Crippen LogP contribution in [-0.2, 0) is 38.5 Å². The van der Waals surface area contributed by atoms with Gasteiger partial charge in [0, 0.05) is 18.4 Å². The zero-order chi connectivity index (χ0) is 43.4. The lowest BCUT2D eigenvalue weighted by atomic mass is 9.77. The monoisotopic (exact) mass is 833 g/mol. The third kappa shape index (κ3) is 7.60. The van der Waals surface area contributed by atoms with Gasteiger partial charge < -0.3 is 9.57 Å². The molecule has 0 bridgehead atoms. The number of unbranched alkanes of at least 4 members (excludes halogenated alkanes) is 1. The molecule has 6 aromatic carbocycles. The van der Waals surface area contributed by atoms with E-state index in [9.17, 15) is 9.59 Å². The summed E-state index contributed by atoms with van der Waals surface area (Å²) >= 11 is 0. The highest BCUT2D eigenvalue weighted by atomic mass is 16.7. The van der Waals surface area contributed by atoms with E-state index in [1.807, 2.05) is 96.5 Å². The number of carbonyl (C=O) groups excluding carboxylic acids is 1. The van der Waals surface area contributed by atoms with Crippen molar-refractivity contribution in [3.8, 4) is 22.5 Å². The number of hydrogen-bond acceptors (Lipinski definition) is 9. The van der Waals surface area contributed by atoms with Crippen LogP contribution in [0.15, 0.2) is 168 Å². The van der Waals surface area contributed by atoms with Gasteiger partial charge in [-0.2, -0.15) is 0 Å². The van der Waals surface area contributed by atoms with Crippen LogP contribution >= 0.6 is 0 Å². The minimum Gasteiger partial charge on any atom is -0.461 e. The maximum absolute atomic E-state index is 14.5. The van der Waals surface area contributed by atoms with Gasteiger partial charge in [-0.05, 0) is 81.8 Å². The molecule has 1 aliphatic heterocycles. The van der Waals surface area contributed by atoms with E-state index in [2.05, 4.69) is 90.1 Å². The third-order valence-electron chi connectivity index (χ3n) is 11.9. The molecule has 1 aliphatic rings. The van der Waals surface area contributed by atoms with Crippen LogP contribution in [0.3, 0.4) is 0 Å². The molecule has 0 saturated heterocycles. The lowest BCUT2D eigenvalue weighted by Gasteiger charge is -2.36. The van der Waals surface area contributed by atoms with E-state index >= 15 is 0 Å². The Morgan fingerprint density at radius 3 is 2.02 bits per heavy atom. The number of carbonyl (C=O) groups is 1. The number of hydrogen-bond donors (Lipinski definition) is 0. The Morgan fingerprint density at radius 1 is 0.778 bits per heavy atom. The first-order valence-corrected chi connectivity index (χ1v) is 21.4. The number of aryl methyl sites for hydroxylation is 1. The van der Waals surface area contributed by atoms with Crippen LogP contribution < -0.4 is 5.56 Å². The van der Waals surface area contributed by atoms with Crippen molar-refractivity contribution in [2.24, 2.45) is 5.16 Å². The number of esters is 1. The van der Waals surface area contributed by atoms with E-state index < -0.39 is 17.1 Å². The number of oxime groups is 1. The fraction of sp³-hybridized carbons (Fsp3) is 0.212. The summed E-state index contributed by atoms with van der Waals surface area (Å²) in [6, 6.07) is 53.2. The molecule has 9 rings (SSSR count). The zero-order valence-electron chi connectivity index (χ0n) is 35.5. The van der Waals surface area contributed by atoms with Crippen LogP contribution in [0.1, 0.15) is 73.7 Å². The highest BCUT2D eigenvalue weighted by Crippen LogP contribution is 2.43. The zero-order valence-corrected chi connectivity index (χ0v) is 35.5. The molecule has 0 saturated carbocycles. The normalized spacial score (nSPS) is 14.9. The number of ether oxygens (including phenoxy) is 1. The Kier molecular flexibility index (Phi) is 11.3. The smallest absolute Gasteiger partial charge is 0.356 e. The van der Waals surface area contributed by atoms with Crippen molar-refractivity contribution in [1.82, 2.24) is 29.8 Å². The molecule has 0 fully saturated rings. The van der Waals surface area contributed by atoms with Crippen molar-refractivity contribution in [3.63, 3.8) is 0 Å². The van der Waals surface area contributed by atoms with Crippen molar-refractivity contribution in [2.75, 3.05) is 6.61 Å². The van der Waals surface area contributed by atoms with Gasteiger partial charge in [0.15, 0.2) is 17.1 Å². The molecule has 2 aromatic heterocycles. The van der Waals surface area contributed by atoms with Gasteiger partial charge in [-0.25, -0.2) is 14.5 Å². The SMILES string of the molecule is CCCCc1nc2ccc(C3(C)CC(C(=O)OCC)=NO3)cc2c(=O)n1Cc1ccc(-c2ccccc2-c2nnnn2C(c2ccccc2)(c2ccccc2)c2ccccc2)cc1. The molecule has 8 aromatic rings. The van der Waals surface area contributed by atoms with Gasteiger partial charge in [0.1, 0.15) is 11.4 Å². The van der Waals surface area contributed by atoms with E-state index in [0.29, 0.717) is 29.7 Å². The first-order chi connectivity index (χ1) is 30.8. The Bertz CT molecular complexity index is 2890. The highest BCUT2D eigenvalue weighted by molar-refractivity contribution is 6.36. The average molecular weight is 834 g/mol. The van der Waals surface area contributed by atoms with E-state index in [0.717, 1.165) is 63.2 Å². The van der Waals surface area contributed by atoms with Gasteiger partial charge in [-0.15, -0.1) is 5.10 Å². The van der Waals surface area contributed by atoms with Crippen molar-refractivity contribution in [3.05, 3.63) is 202 Å². The molecular formula is C52H47N7O4. The highest BCUT2D eigenvalue weighted by Gasteiger charge is 2.42. The predicted octanol–water partition coefficient (Wildman–Crippen LogP) is 9.50. The molecule has 11 heteroatoms. The number of tetrazole rings is 1. The van der Waals surface area contributed by atoms with Crippen LogP contribution in [0.4, 0.5) is 0 Å². The topological polar surface area (TPSA) is 126 Å². The Morgan fingerprint density at radius 2 is 1.40 bits per heavy atom. The Balaban J connectivity index is 1.08. The van der Waals surface area contributed by atoms with E-state index in [-0.39, 0.29) is 24.3 Å². The number of rotatable bonds is 14. The summed E-state index contributed by atoms with van der Waals surface area (Å²) in [7, 11) is 0. The quantitative estimate of drug-likeness (QED) is 0.0784. The molecule has 11 nitrogen and oxygen atoms in total. The number of fused-ring (bicyclic) bond motifs is 1. The molecule has 314 valence electrons. The minimum atomic E-state index is -0.935. The first-order valence-electron chi connectivity index (χ1n) is 21.4. The minimum absolute atomic E-state index is 0.138. The Hall–Kier alpha value is -7.53. The van der Waals surface area contributed by atoms with Crippen LogP contribution in [-0.4, -0.2) is 48.0 Å². The second kappa shape index (κ2) is 17.4. The second-order valence-electron chi connectivity index (χ2n) is 16.0. The summed E-state index contributed by atoms with van der Waals surface area (Å²) in [5, 5.41) is 18.4. The molecule has 0 aliphatic carbocycles. The molecule has 0 amide bonds. The van der Waals surface area contributed by atoms with Gasteiger partial charge in [0.05, 0.1) is 24.1 Å². The summed E-state index contributed by atoms with van der Waals surface area (Å²) in [5.41, 5.74) is 6.39. The standard InChI is InChI=1S/C52H47N7O4/c1-4-6-26-47-53-45-32-31-41(51(3)34-46(55-63-51)50(61)62-5-2)33-44(45)49(60)58(47)35-36-27-29-37(30-28-36)42-24-16-17-25-43(42)48-54-56-57-59(48)52(38-18-10-7-11-19-38,39-20-12-8-13-21-39)40-22-14-9-15-23-40/h7-25,27-33H,4-6,26,34-35H2,1-3H3. The second-order valence-corrected chi connectivity index (χ2v) is 16.0. The molecule has 0 radical (unpaired) electrons. The lowest BCUT2D eigenvalue weighted by Crippen LogP contribution is -2.39. The van der Waals surface area contributed by atoms with E-state index in [1.54, 1.807) is 11.5 Å². The predicted molar refractivity (Wildman–Crippen MR) is 244 cm³/mol.